The van der Waals surface area contributed by atoms with Crippen molar-refractivity contribution in [3.8, 4) is 11.5 Å². The number of benzene rings is 3. The van der Waals surface area contributed by atoms with Crippen molar-refractivity contribution in [3.63, 3.8) is 0 Å². The largest absolute Gasteiger partial charge is 0.493 e. The summed E-state index contributed by atoms with van der Waals surface area (Å²) in [6.45, 7) is 0.511. The second-order valence-electron chi connectivity index (χ2n) is 7.17. The van der Waals surface area contributed by atoms with E-state index >= 15 is 0 Å². The van der Waals surface area contributed by atoms with E-state index in [1.807, 2.05) is 54.6 Å². The van der Waals surface area contributed by atoms with Crippen molar-refractivity contribution >= 4 is 56.5 Å². The lowest BCUT2D eigenvalue weighted by atomic mass is 10.1. The third kappa shape index (κ3) is 5.43. The van der Waals surface area contributed by atoms with Gasteiger partial charge in [-0.05, 0) is 63.1 Å². The average molecular weight is 545 g/mol. The minimum atomic E-state index is -0.317. The Morgan fingerprint density at radius 3 is 2.52 bits per heavy atom. The van der Waals surface area contributed by atoms with E-state index in [0.717, 1.165) is 22.9 Å². The van der Waals surface area contributed by atoms with E-state index < -0.39 is 0 Å². The van der Waals surface area contributed by atoms with Crippen LogP contribution >= 0.6 is 39.3 Å². The lowest BCUT2D eigenvalue weighted by Crippen LogP contribution is -2.27. The zero-order chi connectivity index (χ0) is 23.4. The van der Waals surface area contributed by atoms with Gasteiger partial charge in [0.1, 0.15) is 6.61 Å². The van der Waals surface area contributed by atoms with Crippen molar-refractivity contribution in [2.45, 2.75) is 13.2 Å². The summed E-state index contributed by atoms with van der Waals surface area (Å²) in [6.07, 6.45) is 1.68. The molecule has 0 aliphatic carbocycles. The first-order valence-corrected chi connectivity index (χ1v) is 12.0. The van der Waals surface area contributed by atoms with Gasteiger partial charge in [0.2, 0.25) is 0 Å². The molecule has 0 saturated carbocycles. The fourth-order valence-corrected chi connectivity index (χ4v) is 4.88. The van der Waals surface area contributed by atoms with Gasteiger partial charge in [-0.25, -0.2) is 0 Å². The summed E-state index contributed by atoms with van der Waals surface area (Å²) < 4.78 is 12.1. The molecule has 0 aromatic heterocycles. The summed E-state index contributed by atoms with van der Waals surface area (Å²) in [7, 11) is 1.54. The highest BCUT2D eigenvalue weighted by atomic mass is 79.9. The molecule has 0 unspecified atom stereocenters. The highest BCUT2D eigenvalue weighted by Gasteiger charge is 2.35. The topological polar surface area (TPSA) is 55.8 Å². The highest BCUT2D eigenvalue weighted by Crippen LogP contribution is 2.40. The molecule has 3 aromatic rings. The van der Waals surface area contributed by atoms with Crippen LogP contribution < -0.4 is 9.47 Å². The van der Waals surface area contributed by atoms with Gasteiger partial charge in [0.15, 0.2) is 11.5 Å². The molecule has 0 bridgehead atoms. The maximum Gasteiger partial charge on any atom is 0.293 e. The Balaban J connectivity index is 1.54. The van der Waals surface area contributed by atoms with E-state index in [1.165, 1.54) is 4.90 Å². The number of thioether (sulfide) groups is 1. The van der Waals surface area contributed by atoms with Crippen LogP contribution in [0.1, 0.15) is 16.7 Å². The van der Waals surface area contributed by atoms with Gasteiger partial charge in [-0.15, -0.1) is 0 Å². The first kappa shape index (κ1) is 23.4. The zero-order valence-corrected chi connectivity index (χ0v) is 20.7. The quantitative estimate of drug-likeness (QED) is 0.302. The number of methoxy groups -OCH3 is 1. The Morgan fingerprint density at radius 2 is 1.79 bits per heavy atom. The van der Waals surface area contributed by atoms with Crippen LogP contribution in [0.5, 0.6) is 11.5 Å². The molecule has 5 nitrogen and oxygen atoms in total. The number of carbonyl (C=O) groups excluding carboxylic acids is 2. The molecule has 1 heterocycles. The van der Waals surface area contributed by atoms with Gasteiger partial charge in [0, 0.05) is 10.6 Å². The summed E-state index contributed by atoms with van der Waals surface area (Å²) in [6, 6.07) is 20.4. The molecule has 4 rings (SSSR count). The number of hydrogen-bond acceptors (Lipinski definition) is 5. The van der Waals surface area contributed by atoms with E-state index in [-0.39, 0.29) is 24.3 Å². The van der Waals surface area contributed by atoms with Gasteiger partial charge >= 0.3 is 0 Å². The minimum absolute atomic E-state index is 0.241. The Bertz CT molecular complexity index is 1230. The molecule has 1 aliphatic heterocycles. The summed E-state index contributed by atoms with van der Waals surface area (Å²) in [5, 5.41) is 0.330. The molecule has 3 aromatic carbocycles. The predicted molar refractivity (Wildman–Crippen MR) is 134 cm³/mol. The molecule has 0 atom stereocenters. The van der Waals surface area contributed by atoms with Gasteiger partial charge in [-0.2, -0.15) is 0 Å². The summed E-state index contributed by atoms with van der Waals surface area (Å²) in [4.78, 5) is 26.9. The van der Waals surface area contributed by atoms with Crippen LogP contribution in [0.2, 0.25) is 5.02 Å². The van der Waals surface area contributed by atoms with Gasteiger partial charge in [-0.3, -0.25) is 14.5 Å². The Labute approximate surface area is 209 Å². The molecular formula is C25H19BrClNO4S. The average Bonchev–Trinajstić information content (AvgIpc) is 3.07. The number of imide groups is 1. The smallest absolute Gasteiger partial charge is 0.293 e. The number of carbonyl (C=O) groups is 2. The molecule has 1 aliphatic rings. The zero-order valence-electron chi connectivity index (χ0n) is 17.6. The van der Waals surface area contributed by atoms with Crippen molar-refractivity contribution in [2.75, 3.05) is 7.11 Å². The number of nitrogens with zero attached hydrogens (tertiary/aromatic N) is 1. The number of amides is 2. The minimum Gasteiger partial charge on any atom is -0.493 e. The monoisotopic (exact) mass is 543 g/mol. The first-order chi connectivity index (χ1) is 16.0. The number of rotatable bonds is 7. The van der Waals surface area contributed by atoms with E-state index in [4.69, 9.17) is 21.1 Å². The van der Waals surface area contributed by atoms with Crippen LogP contribution in [0.4, 0.5) is 4.79 Å². The van der Waals surface area contributed by atoms with Crippen molar-refractivity contribution < 1.29 is 19.1 Å². The highest BCUT2D eigenvalue weighted by molar-refractivity contribution is 9.10. The van der Waals surface area contributed by atoms with E-state index in [2.05, 4.69) is 15.9 Å². The van der Waals surface area contributed by atoms with Crippen LogP contribution in [-0.4, -0.2) is 23.2 Å². The number of ether oxygens (including phenoxy) is 2. The lowest BCUT2D eigenvalue weighted by molar-refractivity contribution is -0.123. The summed E-state index contributed by atoms with van der Waals surface area (Å²) in [5.41, 5.74) is 2.45. The van der Waals surface area contributed by atoms with Gasteiger partial charge in [0.05, 0.1) is 23.0 Å². The van der Waals surface area contributed by atoms with Gasteiger partial charge < -0.3 is 9.47 Å². The Hall–Kier alpha value is -2.74. The molecule has 0 N–H and O–H groups in total. The molecule has 1 saturated heterocycles. The molecule has 33 heavy (non-hydrogen) atoms. The van der Waals surface area contributed by atoms with Gasteiger partial charge in [-0.1, -0.05) is 60.1 Å². The standard InChI is InChI=1S/C25H19BrClNO4S/c1-31-21-12-17(11-19(26)23(21)32-15-18-9-5-6-10-20(18)27)13-22-24(29)28(25(30)33-22)14-16-7-3-2-4-8-16/h2-13H,14-15H2,1H3/b22-13+. The van der Waals surface area contributed by atoms with E-state index in [0.29, 0.717) is 31.5 Å². The number of hydrogen-bond donors (Lipinski definition) is 0. The Kier molecular flexibility index (Phi) is 7.42. The van der Waals surface area contributed by atoms with Crippen molar-refractivity contribution in [1.82, 2.24) is 4.90 Å². The summed E-state index contributed by atoms with van der Waals surface area (Å²) >= 11 is 10.7. The second-order valence-corrected chi connectivity index (χ2v) is 9.42. The van der Waals surface area contributed by atoms with Crippen molar-refractivity contribution in [2.24, 2.45) is 0 Å². The van der Waals surface area contributed by atoms with Crippen LogP contribution in [0.3, 0.4) is 0 Å². The lowest BCUT2D eigenvalue weighted by Gasteiger charge is -2.14. The number of halogens is 2. The van der Waals surface area contributed by atoms with Crippen LogP contribution in [0, 0.1) is 0 Å². The predicted octanol–water partition coefficient (Wildman–Crippen LogP) is 6.93. The third-order valence-electron chi connectivity index (χ3n) is 4.94. The first-order valence-electron chi connectivity index (χ1n) is 9.99. The molecule has 1 fully saturated rings. The Morgan fingerprint density at radius 1 is 1.06 bits per heavy atom. The second kappa shape index (κ2) is 10.5. The fraction of sp³-hybridized carbons (Fsp3) is 0.120. The maximum atomic E-state index is 12.9. The fourth-order valence-electron chi connectivity index (χ4n) is 3.28. The van der Waals surface area contributed by atoms with E-state index in [1.54, 1.807) is 25.3 Å². The molecule has 0 spiro atoms. The van der Waals surface area contributed by atoms with Crippen LogP contribution in [-0.2, 0) is 17.9 Å². The van der Waals surface area contributed by atoms with Crippen molar-refractivity contribution in [1.29, 1.82) is 0 Å². The van der Waals surface area contributed by atoms with Crippen LogP contribution in [0.25, 0.3) is 6.08 Å². The molecule has 0 radical (unpaired) electrons. The van der Waals surface area contributed by atoms with Crippen LogP contribution in [0.15, 0.2) is 76.1 Å². The molecule has 8 heteroatoms. The third-order valence-corrected chi connectivity index (χ3v) is 6.80. The van der Waals surface area contributed by atoms with E-state index in [9.17, 15) is 9.59 Å². The normalized spacial score (nSPS) is 14.8. The molecule has 2 amide bonds. The van der Waals surface area contributed by atoms with Crippen molar-refractivity contribution in [3.05, 3.63) is 97.8 Å². The molecular weight excluding hydrogens is 526 g/mol. The summed E-state index contributed by atoms with van der Waals surface area (Å²) in [5.74, 6) is 0.695. The maximum absolute atomic E-state index is 12.9. The van der Waals surface area contributed by atoms with Gasteiger partial charge in [0.25, 0.3) is 11.1 Å². The molecule has 168 valence electrons. The SMILES string of the molecule is COc1cc(/C=C2/SC(=O)N(Cc3ccccc3)C2=O)cc(Br)c1OCc1ccccc1Cl.